The van der Waals surface area contributed by atoms with Crippen LogP contribution in [0, 0.1) is 0 Å². The van der Waals surface area contributed by atoms with Crippen LogP contribution in [-0.2, 0) is 18.3 Å². The summed E-state index contributed by atoms with van der Waals surface area (Å²) in [6, 6.07) is 0. The van der Waals surface area contributed by atoms with E-state index in [4.69, 9.17) is 4.74 Å². The van der Waals surface area contributed by atoms with Gasteiger partial charge in [0.1, 0.15) is 0 Å². The predicted octanol–water partition coefficient (Wildman–Crippen LogP) is 2.26. The summed E-state index contributed by atoms with van der Waals surface area (Å²) in [5.41, 5.74) is 1.46. The number of morpholine rings is 1. The topological polar surface area (TPSA) is 76.7 Å². The first-order valence-corrected chi connectivity index (χ1v) is 11.6. The second-order valence-corrected chi connectivity index (χ2v) is 9.21. The number of imidazole rings is 2. The van der Waals surface area contributed by atoms with E-state index in [1.54, 1.807) is 29.3 Å². The van der Waals surface area contributed by atoms with Crippen molar-refractivity contribution < 1.29 is 9.53 Å². The molecule has 8 nitrogen and oxygen atoms in total. The van der Waals surface area contributed by atoms with Crippen molar-refractivity contribution >= 4 is 34.0 Å². The number of hydrogen-bond donors (Lipinski definition) is 1. The monoisotopic (exact) mass is 434 g/mol. The van der Waals surface area contributed by atoms with Gasteiger partial charge in [-0.05, 0) is 13.8 Å². The summed E-state index contributed by atoms with van der Waals surface area (Å²) in [6.45, 7) is 6.61. The Bertz CT molecular complexity index is 971. The van der Waals surface area contributed by atoms with Crippen LogP contribution in [0.1, 0.15) is 30.0 Å². The summed E-state index contributed by atoms with van der Waals surface area (Å²) in [5.74, 6) is 0.889. The zero-order chi connectivity index (χ0) is 20.4. The largest absolute Gasteiger partial charge is 0.372 e. The molecule has 1 aliphatic heterocycles. The fourth-order valence-electron chi connectivity index (χ4n) is 3.58. The lowest BCUT2D eigenvalue weighted by atomic mass is 10.2. The second-order valence-electron chi connectivity index (χ2n) is 7.28. The molecule has 1 fully saturated rings. The molecule has 0 spiro atoms. The standard InChI is InChI=1S/C19H26N6O2S2/c1-13-11-24(12-14(2)27-13)17(26)16-15(25-7-9-29-19(25)22-16)10-20-5-8-28-18-21-4-6-23(18)3/h4,6-7,9,13-14,20H,5,8,10-12H2,1-3H3/t13-,14+. The van der Waals surface area contributed by atoms with Gasteiger partial charge >= 0.3 is 0 Å². The number of nitrogens with one attached hydrogen (secondary N) is 1. The molecule has 1 N–H and O–H groups in total. The highest BCUT2D eigenvalue weighted by Crippen LogP contribution is 2.21. The lowest BCUT2D eigenvalue weighted by Gasteiger charge is -2.35. The molecule has 3 aromatic rings. The third-order valence-electron chi connectivity index (χ3n) is 4.85. The van der Waals surface area contributed by atoms with E-state index < -0.39 is 0 Å². The first kappa shape index (κ1) is 20.4. The first-order chi connectivity index (χ1) is 14.0. The molecule has 1 amide bonds. The Labute approximate surface area is 178 Å². The molecular weight excluding hydrogens is 408 g/mol. The van der Waals surface area contributed by atoms with Gasteiger partial charge in [0.2, 0.25) is 0 Å². The second kappa shape index (κ2) is 8.86. The predicted molar refractivity (Wildman–Crippen MR) is 115 cm³/mol. The van der Waals surface area contributed by atoms with Gasteiger partial charge in [-0.2, -0.15) is 0 Å². The molecule has 1 aliphatic rings. The number of fused-ring (bicyclic) bond motifs is 1. The summed E-state index contributed by atoms with van der Waals surface area (Å²) in [6.07, 6.45) is 5.81. The lowest BCUT2D eigenvalue weighted by Crippen LogP contribution is -2.48. The maximum atomic E-state index is 13.2. The Morgan fingerprint density at radius 1 is 1.34 bits per heavy atom. The van der Waals surface area contributed by atoms with E-state index in [1.165, 1.54) is 0 Å². The van der Waals surface area contributed by atoms with Crippen molar-refractivity contribution in [1.82, 2.24) is 29.2 Å². The van der Waals surface area contributed by atoms with Crippen molar-refractivity contribution in [3.05, 3.63) is 35.4 Å². The van der Waals surface area contributed by atoms with Gasteiger partial charge in [-0.1, -0.05) is 11.8 Å². The lowest BCUT2D eigenvalue weighted by molar-refractivity contribution is -0.0587. The van der Waals surface area contributed by atoms with Crippen molar-refractivity contribution in [3.8, 4) is 0 Å². The molecule has 0 unspecified atom stereocenters. The summed E-state index contributed by atoms with van der Waals surface area (Å²) in [7, 11) is 1.99. The van der Waals surface area contributed by atoms with E-state index >= 15 is 0 Å². The van der Waals surface area contributed by atoms with Crippen LogP contribution in [0.15, 0.2) is 29.1 Å². The third kappa shape index (κ3) is 4.50. The van der Waals surface area contributed by atoms with E-state index in [2.05, 4.69) is 15.3 Å². The fraction of sp³-hybridized carbons (Fsp3) is 0.526. The highest BCUT2D eigenvalue weighted by atomic mass is 32.2. The molecule has 0 aliphatic carbocycles. The van der Waals surface area contributed by atoms with Gasteiger partial charge in [-0.3, -0.25) is 9.20 Å². The Morgan fingerprint density at radius 3 is 2.86 bits per heavy atom. The molecule has 3 aromatic heterocycles. The molecule has 4 heterocycles. The molecular formula is C19H26N6O2S2. The normalized spacial score (nSPS) is 19.9. The Morgan fingerprint density at radius 2 is 2.14 bits per heavy atom. The molecule has 10 heteroatoms. The number of thioether (sulfide) groups is 1. The summed E-state index contributed by atoms with van der Waals surface area (Å²) < 4.78 is 9.80. The SMILES string of the molecule is C[C@@H]1CN(C(=O)c2nc3sccn3c2CNCCSc2nccn2C)C[C@H](C)O1. The summed E-state index contributed by atoms with van der Waals surface area (Å²) in [5, 5.41) is 6.46. The summed E-state index contributed by atoms with van der Waals surface area (Å²) >= 11 is 3.25. The molecule has 0 radical (unpaired) electrons. The van der Waals surface area contributed by atoms with Gasteiger partial charge in [0.05, 0.1) is 17.9 Å². The highest BCUT2D eigenvalue weighted by molar-refractivity contribution is 7.99. The number of rotatable bonds is 7. The molecule has 1 saturated heterocycles. The van der Waals surface area contributed by atoms with Crippen LogP contribution in [-0.4, -0.2) is 67.3 Å². The zero-order valence-corrected chi connectivity index (χ0v) is 18.5. The quantitative estimate of drug-likeness (QED) is 0.454. The van der Waals surface area contributed by atoms with E-state index in [-0.39, 0.29) is 18.1 Å². The number of carbonyl (C=O) groups is 1. The van der Waals surface area contributed by atoms with Crippen LogP contribution < -0.4 is 5.32 Å². The van der Waals surface area contributed by atoms with Gasteiger partial charge in [-0.25, -0.2) is 9.97 Å². The van der Waals surface area contributed by atoms with Crippen LogP contribution in [0.2, 0.25) is 0 Å². The van der Waals surface area contributed by atoms with Crippen LogP contribution in [0.5, 0.6) is 0 Å². The molecule has 0 saturated carbocycles. The number of ether oxygens (including phenoxy) is 1. The molecule has 29 heavy (non-hydrogen) atoms. The Hall–Kier alpha value is -1.88. The average Bonchev–Trinajstić information content (AvgIpc) is 3.37. The smallest absolute Gasteiger partial charge is 0.274 e. The van der Waals surface area contributed by atoms with Gasteiger partial charge in [0, 0.05) is 63.0 Å². The fourth-order valence-corrected chi connectivity index (χ4v) is 5.14. The van der Waals surface area contributed by atoms with E-state index in [9.17, 15) is 4.79 Å². The maximum Gasteiger partial charge on any atom is 0.274 e. The number of thiazole rings is 1. The number of hydrogen-bond acceptors (Lipinski definition) is 7. The Balaban J connectivity index is 1.42. The third-order valence-corrected chi connectivity index (χ3v) is 6.67. The number of amides is 1. The number of nitrogens with zero attached hydrogens (tertiary/aromatic N) is 5. The van der Waals surface area contributed by atoms with Crippen molar-refractivity contribution in [3.63, 3.8) is 0 Å². The molecule has 2 atom stereocenters. The van der Waals surface area contributed by atoms with Crippen molar-refractivity contribution in [2.45, 2.75) is 37.8 Å². The van der Waals surface area contributed by atoms with Gasteiger partial charge < -0.3 is 19.5 Å². The number of carbonyl (C=O) groups excluding carboxylic acids is 1. The molecule has 0 aromatic carbocycles. The van der Waals surface area contributed by atoms with Crippen LogP contribution in [0.4, 0.5) is 0 Å². The van der Waals surface area contributed by atoms with Crippen LogP contribution >= 0.6 is 23.1 Å². The molecule has 156 valence electrons. The van der Waals surface area contributed by atoms with Crippen LogP contribution in [0.25, 0.3) is 4.96 Å². The molecule has 0 bridgehead atoms. The minimum Gasteiger partial charge on any atom is -0.372 e. The number of aryl methyl sites for hydroxylation is 1. The first-order valence-electron chi connectivity index (χ1n) is 9.73. The highest BCUT2D eigenvalue weighted by Gasteiger charge is 2.30. The number of aromatic nitrogens is 4. The van der Waals surface area contributed by atoms with Crippen molar-refractivity contribution in [1.29, 1.82) is 0 Å². The van der Waals surface area contributed by atoms with Crippen molar-refractivity contribution in [2.75, 3.05) is 25.4 Å². The minimum absolute atomic E-state index is 0.0120. The Kier molecular flexibility index (Phi) is 6.23. The van der Waals surface area contributed by atoms with Gasteiger partial charge in [0.15, 0.2) is 15.8 Å². The molecule has 4 rings (SSSR count). The average molecular weight is 435 g/mol. The van der Waals surface area contributed by atoms with E-state index in [0.717, 1.165) is 28.1 Å². The van der Waals surface area contributed by atoms with Gasteiger partial charge in [0.25, 0.3) is 5.91 Å². The minimum atomic E-state index is -0.0120. The van der Waals surface area contributed by atoms with Crippen LogP contribution in [0.3, 0.4) is 0 Å². The zero-order valence-electron chi connectivity index (χ0n) is 16.9. The van der Waals surface area contributed by atoms with Crippen molar-refractivity contribution in [2.24, 2.45) is 7.05 Å². The maximum absolute atomic E-state index is 13.2. The summed E-state index contributed by atoms with van der Waals surface area (Å²) in [4.78, 5) is 24.9. The van der Waals surface area contributed by atoms with Gasteiger partial charge in [-0.15, -0.1) is 11.3 Å². The van der Waals surface area contributed by atoms with E-state index in [1.807, 2.05) is 52.5 Å². The van der Waals surface area contributed by atoms with E-state index in [0.29, 0.717) is 25.3 Å².